The lowest BCUT2D eigenvalue weighted by atomic mass is 9.96. The van der Waals surface area contributed by atoms with Crippen molar-refractivity contribution in [2.45, 2.75) is 46.3 Å². The SMILES string of the molecule is C=N/C(OCC(F)(F)F)=C(C)\C=C(/C)Cn1cc2c(NC(=O)C3CCN(C(C)=O)CC3)nccc2n1. The van der Waals surface area contributed by atoms with Crippen molar-refractivity contribution in [1.29, 1.82) is 0 Å². The lowest BCUT2D eigenvalue weighted by Gasteiger charge is -2.30. The second kappa shape index (κ2) is 11.4. The zero-order valence-electron chi connectivity index (χ0n) is 20.4. The van der Waals surface area contributed by atoms with Crippen molar-refractivity contribution >= 4 is 35.3 Å². The minimum atomic E-state index is -4.48. The van der Waals surface area contributed by atoms with Crippen LogP contribution in [-0.4, -0.2) is 64.1 Å². The van der Waals surface area contributed by atoms with E-state index < -0.39 is 12.8 Å². The lowest BCUT2D eigenvalue weighted by molar-refractivity contribution is -0.165. The fourth-order valence-electron chi connectivity index (χ4n) is 4.02. The Labute approximate surface area is 206 Å². The molecular weight excluding hydrogens is 477 g/mol. The Hall–Kier alpha value is -3.70. The molecule has 9 nitrogen and oxygen atoms in total. The molecule has 0 radical (unpaired) electrons. The highest BCUT2D eigenvalue weighted by Crippen LogP contribution is 2.24. The fraction of sp³-hybridized carbons (Fsp3) is 0.458. The minimum absolute atomic E-state index is 0.00791. The quantitative estimate of drug-likeness (QED) is 0.330. The van der Waals surface area contributed by atoms with Gasteiger partial charge in [-0.05, 0) is 39.5 Å². The first-order valence-corrected chi connectivity index (χ1v) is 11.4. The van der Waals surface area contributed by atoms with E-state index in [1.54, 1.807) is 48.0 Å². The molecule has 1 aliphatic rings. The number of aromatic nitrogens is 3. The molecule has 1 saturated heterocycles. The zero-order chi connectivity index (χ0) is 26.5. The number of carbonyl (C=O) groups is 2. The van der Waals surface area contributed by atoms with Gasteiger partial charge in [0.15, 0.2) is 6.61 Å². The number of nitrogens with one attached hydrogen (secondary N) is 1. The fourth-order valence-corrected chi connectivity index (χ4v) is 4.02. The number of ether oxygens (including phenoxy) is 1. The summed E-state index contributed by atoms with van der Waals surface area (Å²) in [6.45, 7) is 8.17. The summed E-state index contributed by atoms with van der Waals surface area (Å²) in [6, 6.07) is 1.72. The average molecular weight is 507 g/mol. The van der Waals surface area contributed by atoms with Gasteiger partial charge >= 0.3 is 6.18 Å². The third-order valence-electron chi connectivity index (χ3n) is 5.76. The van der Waals surface area contributed by atoms with Gasteiger partial charge in [-0.2, -0.15) is 18.3 Å². The number of nitrogens with zero attached hydrogens (tertiary/aromatic N) is 5. The maximum absolute atomic E-state index is 12.8. The second-order valence-corrected chi connectivity index (χ2v) is 8.73. The molecule has 0 unspecified atom stereocenters. The molecule has 36 heavy (non-hydrogen) atoms. The van der Waals surface area contributed by atoms with E-state index in [0.717, 1.165) is 5.57 Å². The molecule has 194 valence electrons. The number of amides is 2. The van der Waals surface area contributed by atoms with Crippen LogP contribution in [0.15, 0.2) is 46.6 Å². The maximum atomic E-state index is 12.8. The van der Waals surface area contributed by atoms with Gasteiger partial charge in [-0.1, -0.05) is 11.6 Å². The van der Waals surface area contributed by atoms with Crippen molar-refractivity contribution in [2.24, 2.45) is 10.9 Å². The van der Waals surface area contributed by atoms with Gasteiger partial charge < -0.3 is 15.0 Å². The molecule has 3 rings (SSSR count). The maximum Gasteiger partial charge on any atom is 0.422 e. The first kappa shape index (κ1) is 26.9. The zero-order valence-corrected chi connectivity index (χ0v) is 20.4. The van der Waals surface area contributed by atoms with Gasteiger partial charge in [-0.15, -0.1) is 0 Å². The van der Waals surface area contributed by atoms with E-state index >= 15 is 0 Å². The molecule has 0 aliphatic carbocycles. The molecular formula is C24H29F3N6O3. The summed E-state index contributed by atoms with van der Waals surface area (Å²) in [4.78, 5) is 33.9. The highest BCUT2D eigenvalue weighted by molar-refractivity contribution is 6.00. The highest BCUT2D eigenvalue weighted by Gasteiger charge is 2.29. The Balaban J connectivity index is 1.70. The molecule has 1 fully saturated rings. The monoisotopic (exact) mass is 506 g/mol. The number of hydrogen-bond acceptors (Lipinski definition) is 6. The van der Waals surface area contributed by atoms with E-state index in [2.05, 4.69) is 27.1 Å². The van der Waals surface area contributed by atoms with Crippen LogP contribution in [0.4, 0.5) is 19.0 Å². The summed E-state index contributed by atoms with van der Waals surface area (Å²) >= 11 is 0. The predicted octanol–water partition coefficient (Wildman–Crippen LogP) is 4.09. The Bertz CT molecular complexity index is 1190. The number of allylic oxidation sites excluding steroid dienone is 3. The van der Waals surface area contributed by atoms with E-state index in [9.17, 15) is 22.8 Å². The van der Waals surface area contributed by atoms with Crippen LogP contribution in [0.5, 0.6) is 0 Å². The van der Waals surface area contributed by atoms with Crippen molar-refractivity contribution in [3.8, 4) is 0 Å². The van der Waals surface area contributed by atoms with Crippen molar-refractivity contribution in [1.82, 2.24) is 19.7 Å². The number of carbonyl (C=O) groups excluding carboxylic acids is 2. The van der Waals surface area contributed by atoms with Gasteiger partial charge in [0.05, 0.1) is 17.4 Å². The summed E-state index contributed by atoms with van der Waals surface area (Å²) < 4.78 is 43.7. The molecule has 0 atom stereocenters. The first-order chi connectivity index (χ1) is 17.0. The van der Waals surface area contributed by atoms with Gasteiger partial charge in [-0.3, -0.25) is 14.3 Å². The topological polar surface area (TPSA) is 102 Å². The molecule has 1 aliphatic heterocycles. The van der Waals surface area contributed by atoms with Gasteiger partial charge in [-0.25, -0.2) is 9.98 Å². The van der Waals surface area contributed by atoms with E-state index in [-0.39, 0.29) is 23.6 Å². The summed E-state index contributed by atoms with van der Waals surface area (Å²) in [7, 11) is 0. The van der Waals surface area contributed by atoms with E-state index in [4.69, 9.17) is 4.74 Å². The number of hydrogen-bond donors (Lipinski definition) is 1. The molecule has 2 aromatic rings. The van der Waals surface area contributed by atoms with Crippen LogP contribution in [-0.2, 0) is 20.9 Å². The number of likely N-dealkylation sites (tertiary alicyclic amines) is 1. The number of pyridine rings is 1. The standard InChI is InChI=1S/C24H29F3N6O3/c1-15(11-16(2)23(28-4)36-14-24(25,26)27)12-33-13-19-20(31-33)5-8-29-21(19)30-22(35)18-6-9-32(10-7-18)17(3)34/h5,8,11,13,18H,4,6-7,9-10,12,14H2,1-3H3,(H,29,30,35)/b15-11+,23-16+. The largest absolute Gasteiger partial charge is 0.468 e. The van der Waals surface area contributed by atoms with Gasteiger partial charge in [0.2, 0.25) is 17.7 Å². The molecule has 3 heterocycles. The van der Waals surface area contributed by atoms with Crippen LogP contribution in [0.25, 0.3) is 10.9 Å². The van der Waals surface area contributed by atoms with E-state index in [0.29, 0.717) is 54.8 Å². The number of piperidine rings is 1. The van der Waals surface area contributed by atoms with Gasteiger partial charge in [0.25, 0.3) is 0 Å². The molecule has 0 bridgehead atoms. The van der Waals surface area contributed by atoms with Crippen LogP contribution < -0.4 is 5.32 Å². The molecule has 1 N–H and O–H groups in total. The van der Waals surface area contributed by atoms with Crippen LogP contribution in [0.2, 0.25) is 0 Å². The molecule has 0 aromatic carbocycles. The van der Waals surface area contributed by atoms with Crippen LogP contribution >= 0.6 is 0 Å². The first-order valence-electron chi connectivity index (χ1n) is 11.4. The third-order valence-corrected chi connectivity index (χ3v) is 5.76. The van der Waals surface area contributed by atoms with Crippen LogP contribution in [0, 0.1) is 5.92 Å². The van der Waals surface area contributed by atoms with Crippen molar-refractivity contribution < 1.29 is 27.5 Å². The summed E-state index contributed by atoms with van der Waals surface area (Å²) in [5.41, 5.74) is 1.82. The number of rotatable bonds is 8. The molecule has 0 spiro atoms. The molecule has 2 amide bonds. The smallest absolute Gasteiger partial charge is 0.422 e. The van der Waals surface area contributed by atoms with Crippen LogP contribution in [0.3, 0.4) is 0 Å². The average Bonchev–Trinajstić information content (AvgIpc) is 3.22. The summed E-state index contributed by atoms with van der Waals surface area (Å²) in [5.74, 6) is -0.144. The predicted molar refractivity (Wildman–Crippen MR) is 129 cm³/mol. The summed E-state index contributed by atoms with van der Waals surface area (Å²) in [5, 5.41) is 8.06. The molecule has 0 saturated carbocycles. The molecule has 12 heteroatoms. The number of alkyl halides is 3. The number of aliphatic imine (C=N–C) groups is 1. The minimum Gasteiger partial charge on any atom is -0.468 e. The van der Waals surface area contributed by atoms with Gasteiger partial charge in [0.1, 0.15) is 5.82 Å². The Kier molecular flexibility index (Phi) is 8.49. The number of anilines is 1. The van der Waals surface area contributed by atoms with E-state index in [1.165, 1.54) is 6.92 Å². The Morgan fingerprint density at radius 1 is 1.28 bits per heavy atom. The number of halogens is 3. The lowest BCUT2D eigenvalue weighted by Crippen LogP contribution is -2.40. The highest BCUT2D eigenvalue weighted by atomic mass is 19.4. The number of fused-ring (bicyclic) bond motifs is 1. The van der Waals surface area contributed by atoms with Crippen molar-refractivity contribution in [2.75, 3.05) is 25.0 Å². The molecule has 2 aromatic heterocycles. The normalized spacial score (nSPS) is 16.1. The third kappa shape index (κ3) is 7.15. The van der Waals surface area contributed by atoms with Crippen molar-refractivity contribution in [3.63, 3.8) is 0 Å². The van der Waals surface area contributed by atoms with E-state index in [1.807, 2.05) is 0 Å². The summed E-state index contributed by atoms with van der Waals surface area (Å²) in [6.07, 6.45) is 1.67. The second-order valence-electron chi connectivity index (χ2n) is 8.73. The van der Waals surface area contributed by atoms with Gasteiger partial charge in [0, 0.05) is 43.9 Å². The van der Waals surface area contributed by atoms with Crippen molar-refractivity contribution in [3.05, 3.63) is 41.6 Å². The van der Waals surface area contributed by atoms with Crippen LogP contribution in [0.1, 0.15) is 33.6 Å². The Morgan fingerprint density at radius 3 is 2.58 bits per heavy atom. The Morgan fingerprint density at radius 2 is 1.97 bits per heavy atom.